The zero-order valence-corrected chi connectivity index (χ0v) is 12.6. The lowest BCUT2D eigenvalue weighted by atomic mass is 10.1. The van der Waals surface area contributed by atoms with Crippen molar-refractivity contribution in [1.82, 2.24) is 0 Å². The highest BCUT2D eigenvalue weighted by atomic mass is 16.5. The van der Waals surface area contributed by atoms with Gasteiger partial charge in [0.2, 0.25) is 0 Å². The van der Waals surface area contributed by atoms with Crippen LogP contribution in [-0.4, -0.2) is 18.5 Å². The number of carboxylic acid groups (broad SMARTS) is 1. The molecule has 4 heteroatoms. The van der Waals surface area contributed by atoms with Gasteiger partial charge in [0, 0.05) is 6.08 Å². The molecule has 0 heterocycles. The molecule has 0 saturated heterocycles. The number of carboxylic acids is 1. The van der Waals surface area contributed by atoms with Gasteiger partial charge in [-0.25, -0.2) is 4.79 Å². The minimum atomic E-state index is -1.39. The Morgan fingerprint density at radius 3 is 1.85 bits per heavy atom. The van der Waals surface area contributed by atoms with Gasteiger partial charge in [-0.1, -0.05) is 64.7 Å². The lowest BCUT2D eigenvalue weighted by molar-refractivity contribution is -0.297. The van der Waals surface area contributed by atoms with Gasteiger partial charge in [0.1, 0.15) is 0 Å². The molecule has 0 amide bonds. The predicted molar refractivity (Wildman–Crippen MR) is 77.0 cm³/mol. The van der Waals surface area contributed by atoms with Crippen LogP contribution in [0.5, 0.6) is 0 Å². The highest BCUT2D eigenvalue weighted by Gasteiger charge is 1.97. The Kier molecular flexibility index (Phi) is 13.2. The van der Waals surface area contributed by atoms with Crippen LogP contribution in [0.4, 0.5) is 0 Å². The van der Waals surface area contributed by atoms with Crippen molar-refractivity contribution in [2.45, 2.75) is 71.1 Å². The fourth-order valence-corrected chi connectivity index (χ4v) is 1.95. The van der Waals surface area contributed by atoms with Gasteiger partial charge < -0.3 is 14.6 Å². The van der Waals surface area contributed by atoms with E-state index >= 15 is 0 Å². The Balaban J connectivity index is 3.20. The number of ether oxygens (including phenoxy) is 1. The van der Waals surface area contributed by atoms with Crippen LogP contribution in [0.3, 0.4) is 0 Å². The molecule has 0 bridgehead atoms. The third-order valence-electron chi connectivity index (χ3n) is 3.10. The van der Waals surface area contributed by atoms with Crippen molar-refractivity contribution >= 4 is 11.9 Å². The van der Waals surface area contributed by atoms with E-state index in [9.17, 15) is 14.7 Å². The zero-order chi connectivity index (χ0) is 15.1. The summed E-state index contributed by atoms with van der Waals surface area (Å²) >= 11 is 0. The fourth-order valence-electron chi connectivity index (χ4n) is 1.95. The summed E-state index contributed by atoms with van der Waals surface area (Å²) in [7, 11) is 0. The highest BCUT2D eigenvalue weighted by Crippen LogP contribution is 2.10. The van der Waals surface area contributed by atoms with E-state index in [1.54, 1.807) is 0 Å². The van der Waals surface area contributed by atoms with Gasteiger partial charge in [0.25, 0.3) is 0 Å². The molecule has 4 nitrogen and oxygen atoms in total. The number of carbonyl (C=O) groups excluding carboxylic acids is 2. The minimum Gasteiger partial charge on any atom is -0.545 e. The molecule has 0 fully saturated rings. The molecule has 20 heavy (non-hydrogen) atoms. The van der Waals surface area contributed by atoms with Crippen molar-refractivity contribution in [2.24, 2.45) is 0 Å². The number of hydrogen-bond donors (Lipinski definition) is 0. The predicted octanol–water partition coefficient (Wildman–Crippen LogP) is 2.76. The molecule has 116 valence electrons. The van der Waals surface area contributed by atoms with Gasteiger partial charge in [0.05, 0.1) is 12.6 Å². The number of esters is 1. The molecule has 0 saturated carbocycles. The van der Waals surface area contributed by atoms with E-state index in [4.69, 9.17) is 4.74 Å². The maximum absolute atomic E-state index is 11.0. The van der Waals surface area contributed by atoms with E-state index in [1.165, 1.54) is 51.4 Å². The molecule has 0 aliphatic carbocycles. The van der Waals surface area contributed by atoms with Crippen LogP contribution >= 0.6 is 0 Å². The van der Waals surface area contributed by atoms with Crippen LogP contribution in [0, 0.1) is 0 Å². The average Bonchev–Trinajstić information content (AvgIpc) is 2.42. The molecule has 0 aromatic heterocycles. The van der Waals surface area contributed by atoms with Crippen LogP contribution in [-0.2, 0) is 14.3 Å². The smallest absolute Gasteiger partial charge is 0.330 e. The van der Waals surface area contributed by atoms with Crippen molar-refractivity contribution in [3.05, 3.63) is 12.2 Å². The second kappa shape index (κ2) is 14.1. The lowest BCUT2D eigenvalue weighted by Crippen LogP contribution is -2.19. The third kappa shape index (κ3) is 14.7. The quantitative estimate of drug-likeness (QED) is 0.296. The lowest BCUT2D eigenvalue weighted by Gasteiger charge is -2.03. The largest absolute Gasteiger partial charge is 0.545 e. The first-order valence-corrected chi connectivity index (χ1v) is 7.72. The summed E-state index contributed by atoms with van der Waals surface area (Å²) in [6.07, 6.45) is 13.8. The monoisotopic (exact) mass is 283 g/mol. The highest BCUT2D eigenvalue weighted by molar-refractivity contribution is 5.89. The van der Waals surface area contributed by atoms with Crippen LogP contribution < -0.4 is 5.11 Å². The van der Waals surface area contributed by atoms with E-state index in [2.05, 4.69) is 6.92 Å². The Bertz CT molecular complexity index is 284. The molecular formula is C16H27O4-. The molecule has 0 spiro atoms. The molecule has 0 aliphatic heterocycles. The molecule has 0 aliphatic rings. The third-order valence-corrected chi connectivity index (χ3v) is 3.10. The normalized spacial score (nSPS) is 10.8. The van der Waals surface area contributed by atoms with Gasteiger partial charge in [0.15, 0.2) is 0 Å². The molecule has 0 rings (SSSR count). The zero-order valence-electron chi connectivity index (χ0n) is 12.6. The number of aliphatic carboxylic acids is 1. The van der Waals surface area contributed by atoms with Gasteiger partial charge >= 0.3 is 5.97 Å². The Hall–Kier alpha value is -1.32. The molecule has 0 atom stereocenters. The first kappa shape index (κ1) is 18.7. The topological polar surface area (TPSA) is 66.4 Å². The van der Waals surface area contributed by atoms with Crippen LogP contribution in [0.25, 0.3) is 0 Å². The Morgan fingerprint density at radius 2 is 1.35 bits per heavy atom. The first-order chi connectivity index (χ1) is 9.66. The number of rotatable bonds is 13. The maximum atomic E-state index is 11.0. The minimum absolute atomic E-state index is 0.354. The van der Waals surface area contributed by atoms with E-state index in [-0.39, 0.29) is 0 Å². The van der Waals surface area contributed by atoms with Crippen molar-refractivity contribution in [3.8, 4) is 0 Å². The molecule has 0 radical (unpaired) electrons. The summed E-state index contributed by atoms with van der Waals surface area (Å²) in [4.78, 5) is 21.1. The average molecular weight is 283 g/mol. The summed E-state index contributed by atoms with van der Waals surface area (Å²) in [5.74, 6) is -2.01. The second-order valence-electron chi connectivity index (χ2n) is 5.00. The summed E-state index contributed by atoms with van der Waals surface area (Å²) in [6.45, 7) is 2.58. The second-order valence-corrected chi connectivity index (χ2v) is 5.00. The van der Waals surface area contributed by atoms with E-state index in [0.717, 1.165) is 18.9 Å². The van der Waals surface area contributed by atoms with Gasteiger partial charge in [-0.2, -0.15) is 0 Å². The van der Waals surface area contributed by atoms with Crippen molar-refractivity contribution in [3.63, 3.8) is 0 Å². The van der Waals surface area contributed by atoms with Crippen LogP contribution in [0.2, 0.25) is 0 Å². The van der Waals surface area contributed by atoms with Crippen molar-refractivity contribution in [2.75, 3.05) is 6.61 Å². The SMILES string of the molecule is CCCCCCCCCCCCOC(=O)/C=C\C(=O)[O-]. The number of carbonyl (C=O) groups is 2. The summed E-state index contributed by atoms with van der Waals surface area (Å²) in [6, 6.07) is 0. The molecule has 0 N–H and O–H groups in total. The molecule has 0 aromatic carbocycles. The molecule has 0 aromatic rings. The van der Waals surface area contributed by atoms with Gasteiger partial charge in [-0.05, 0) is 12.5 Å². The van der Waals surface area contributed by atoms with E-state index < -0.39 is 11.9 Å². The van der Waals surface area contributed by atoms with E-state index in [1.807, 2.05) is 0 Å². The van der Waals surface area contributed by atoms with Gasteiger partial charge in [-0.15, -0.1) is 0 Å². The van der Waals surface area contributed by atoms with E-state index in [0.29, 0.717) is 12.7 Å². The number of unbranched alkanes of at least 4 members (excludes halogenated alkanes) is 9. The summed E-state index contributed by atoms with van der Waals surface area (Å²) in [5.41, 5.74) is 0. The fraction of sp³-hybridized carbons (Fsp3) is 0.750. The maximum Gasteiger partial charge on any atom is 0.330 e. The Morgan fingerprint density at radius 1 is 0.850 bits per heavy atom. The van der Waals surface area contributed by atoms with Crippen molar-refractivity contribution in [1.29, 1.82) is 0 Å². The molecular weight excluding hydrogens is 256 g/mol. The number of hydrogen-bond acceptors (Lipinski definition) is 4. The van der Waals surface area contributed by atoms with Crippen LogP contribution in [0.1, 0.15) is 71.1 Å². The summed E-state index contributed by atoms with van der Waals surface area (Å²) in [5, 5.41) is 10.1. The van der Waals surface area contributed by atoms with Crippen LogP contribution in [0.15, 0.2) is 12.2 Å². The first-order valence-electron chi connectivity index (χ1n) is 7.72. The van der Waals surface area contributed by atoms with Gasteiger partial charge in [-0.3, -0.25) is 0 Å². The molecule has 0 unspecified atom stereocenters. The standard InChI is InChI=1S/C16H28O4/c1-2-3-4-5-6-7-8-9-10-11-14-20-16(19)13-12-15(17)18/h12-13H,2-11,14H2,1H3,(H,17,18)/p-1/b13-12-. The van der Waals surface area contributed by atoms with Crippen molar-refractivity contribution < 1.29 is 19.4 Å². The summed E-state index contributed by atoms with van der Waals surface area (Å²) < 4.78 is 4.85. The Labute approximate surface area is 122 Å².